The molecule has 0 saturated carbocycles. The lowest BCUT2D eigenvalue weighted by molar-refractivity contribution is 0.00910. The van der Waals surface area contributed by atoms with Crippen LogP contribution in [0, 0.1) is 12.3 Å². The van der Waals surface area contributed by atoms with Gasteiger partial charge in [-0.15, -0.1) is 21.5 Å². The van der Waals surface area contributed by atoms with E-state index in [9.17, 15) is 4.79 Å². The van der Waals surface area contributed by atoms with E-state index in [1.165, 1.54) is 11.3 Å². The molecular weight excluding hydrogens is 388 g/mol. The maximum Gasteiger partial charge on any atom is 0.264 e. The summed E-state index contributed by atoms with van der Waals surface area (Å²) in [7, 11) is 0. The molecule has 0 aromatic carbocycles. The third-order valence-corrected chi connectivity index (χ3v) is 7.15. The molecule has 29 heavy (non-hydrogen) atoms. The molecule has 0 aliphatic carbocycles. The van der Waals surface area contributed by atoms with Crippen molar-refractivity contribution in [1.29, 1.82) is 0 Å². The topological polar surface area (TPSA) is 81.4 Å². The number of carbonyl (C=O) groups is 1. The summed E-state index contributed by atoms with van der Waals surface area (Å²) in [6.07, 6.45) is 5.19. The Bertz CT molecular complexity index is 1010. The lowest BCUT2D eigenvalue weighted by Gasteiger charge is -2.36. The molecule has 5 heterocycles. The minimum Gasteiger partial charge on any atom is -0.420 e. The van der Waals surface area contributed by atoms with Crippen molar-refractivity contribution in [3.63, 3.8) is 0 Å². The average molecular weight is 410 g/mol. The predicted octanol–water partition coefficient (Wildman–Crippen LogP) is 3.54. The van der Waals surface area contributed by atoms with Crippen LogP contribution in [-0.4, -0.2) is 52.3 Å². The molecule has 150 valence electrons. The Labute approximate surface area is 172 Å². The van der Waals surface area contributed by atoms with E-state index >= 15 is 0 Å². The van der Waals surface area contributed by atoms with E-state index in [1.54, 1.807) is 12.4 Å². The Morgan fingerprint density at radius 3 is 2.72 bits per heavy atom. The van der Waals surface area contributed by atoms with Gasteiger partial charge in [0.1, 0.15) is 0 Å². The van der Waals surface area contributed by atoms with Crippen molar-refractivity contribution in [2.24, 2.45) is 5.41 Å². The van der Waals surface area contributed by atoms with Gasteiger partial charge in [-0.05, 0) is 48.9 Å². The second-order valence-corrected chi connectivity index (χ2v) is 8.74. The van der Waals surface area contributed by atoms with Crippen LogP contribution in [0.25, 0.3) is 11.5 Å². The van der Waals surface area contributed by atoms with E-state index in [2.05, 4.69) is 15.2 Å². The largest absolute Gasteiger partial charge is 0.420 e. The first-order chi connectivity index (χ1) is 14.2. The van der Waals surface area contributed by atoms with Gasteiger partial charge in [-0.2, -0.15) is 0 Å². The fourth-order valence-corrected chi connectivity index (χ4v) is 5.36. The van der Waals surface area contributed by atoms with Crippen LogP contribution in [0.3, 0.4) is 0 Å². The number of hydrogen-bond acceptors (Lipinski definition) is 7. The SMILES string of the molecule is Cc1ccsc1C(=O)N1CC(c2nnc(-c3ccncc3)o2)C2(CCOCC2)C1. The molecule has 2 aliphatic rings. The zero-order valence-electron chi connectivity index (χ0n) is 16.2. The van der Waals surface area contributed by atoms with Gasteiger partial charge < -0.3 is 14.1 Å². The second kappa shape index (κ2) is 7.35. The molecule has 1 atom stereocenters. The Balaban J connectivity index is 1.46. The molecule has 0 radical (unpaired) electrons. The number of amides is 1. The van der Waals surface area contributed by atoms with Crippen molar-refractivity contribution in [2.75, 3.05) is 26.3 Å². The molecule has 3 aromatic rings. The molecule has 5 rings (SSSR count). The number of nitrogens with zero attached hydrogens (tertiary/aromatic N) is 4. The Morgan fingerprint density at radius 1 is 1.21 bits per heavy atom. The van der Waals surface area contributed by atoms with Crippen molar-refractivity contribution in [2.45, 2.75) is 25.7 Å². The van der Waals surface area contributed by atoms with Crippen LogP contribution in [0.4, 0.5) is 0 Å². The molecule has 2 aliphatic heterocycles. The van der Waals surface area contributed by atoms with Gasteiger partial charge in [-0.1, -0.05) is 0 Å². The highest BCUT2D eigenvalue weighted by atomic mass is 32.1. The minimum absolute atomic E-state index is 0.0127. The quantitative estimate of drug-likeness (QED) is 0.657. The fraction of sp³-hybridized carbons (Fsp3) is 0.429. The standard InChI is InChI=1S/C21H22N4O3S/c1-14-4-11-29-17(14)20(26)25-12-16(21(13-25)5-9-27-10-6-21)19-24-23-18(28-19)15-2-7-22-8-3-15/h2-4,7-8,11,16H,5-6,9-10,12-13H2,1H3. The van der Waals surface area contributed by atoms with Gasteiger partial charge >= 0.3 is 0 Å². The van der Waals surface area contributed by atoms with E-state index in [1.807, 2.05) is 35.4 Å². The third-order valence-electron chi connectivity index (χ3n) is 6.15. The summed E-state index contributed by atoms with van der Waals surface area (Å²) >= 11 is 1.50. The van der Waals surface area contributed by atoms with E-state index in [-0.39, 0.29) is 17.2 Å². The number of aromatic nitrogens is 3. The van der Waals surface area contributed by atoms with Crippen LogP contribution in [-0.2, 0) is 4.74 Å². The van der Waals surface area contributed by atoms with Gasteiger partial charge in [0.2, 0.25) is 11.8 Å². The van der Waals surface area contributed by atoms with Crippen LogP contribution in [0.15, 0.2) is 40.4 Å². The lowest BCUT2D eigenvalue weighted by atomic mass is 9.72. The van der Waals surface area contributed by atoms with Gasteiger partial charge in [0.15, 0.2) is 0 Å². The van der Waals surface area contributed by atoms with Crippen molar-refractivity contribution >= 4 is 17.2 Å². The van der Waals surface area contributed by atoms with Crippen LogP contribution in [0.5, 0.6) is 0 Å². The van der Waals surface area contributed by atoms with Crippen molar-refractivity contribution < 1.29 is 13.9 Å². The summed E-state index contributed by atoms with van der Waals surface area (Å²) in [6.45, 7) is 4.67. The monoisotopic (exact) mass is 410 g/mol. The molecule has 2 fully saturated rings. The molecule has 0 N–H and O–H groups in total. The van der Waals surface area contributed by atoms with Gasteiger partial charge in [0, 0.05) is 49.7 Å². The molecule has 3 aromatic heterocycles. The van der Waals surface area contributed by atoms with Gasteiger partial charge in [0.25, 0.3) is 5.91 Å². The van der Waals surface area contributed by atoms with Gasteiger partial charge in [-0.25, -0.2) is 0 Å². The number of likely N-dealkylation sites (tertiary alicyclic amines) is 1. The summed E-state index contributed by atoms with van der Waals surface area (Å²) in [5.74, 6) is 1.21. The maximum absolute atomic E-state index is 13.2. The number of aryl methyl sites for hydroxylation is 1. The number of rotatable bonds is 3. The first-order valence-electron chi connectivity index (χ1n) is 9.81. The highest BCUT2D eigenvalue weighted by Gasteiger charge is 2.51. The summed E-state index contributed by atoms with van der Waals surface area (Å²) in [5, 5.41) is 10.6. The molecule has 1 amide bonds. The van der Waals surface area contributed by atoms with Crippen LogP contribution in [0.1, 0.15) is 39.9 Å². The summed E-state index contributed by atoms with van der Waals surface area (Å²) in [4.78, 5) is 20.0. The maximum atomic E-state index is 13.2. The van der Waals surface area contributed by atoms with Crippen molar-refractivity contribution in [1.82, 2.24) is 20.1 Å². The molecule has 8 heteroatoms. The summed E-state index contributed by atoms with van der Waals surface area (Å²) < 4.78 is 11.7. The molecule has 0 bridgehead atoms. The second-order valence-electron chi connectivity index (χ2n) is 7.83. The summed E-state index contributed by atoms with van der Waals surface area (Å²) in [6, 6.07) is 5.70. The summed E-state index contributed by atoms with van der Waals surface area (Å²) in [5.41, 5.74) is 1.79. The number of hydrogen-bond donors (Lipinski definition) is 0. The zero-order chi connectivity index (χ0) is 19.8. The Morgan fingerprint density at radius 2 is 2.00 bits per heavy atom. The third kappa shape index (κ3) is 3.26. The smallest absolute Gasteiger partial charge is 0.264 e. The first-order valence-corrected chi connectivity index (χ1v) is 10.7. The van der Waals surface area contributed by atoms with Crippen LogP contribution in [0.2, 0.25) is 0 Å². The number of thiophene rings is 1. The molecule has 1 spiro atoms. The predicted molar refractivity (Wildman–Crippen MR) is 108 cm³/mol. The van der Waals surface area contributed by atoms with Gasteiger partial charge in [-0.3, -0.25) is 9.78 Å². The zero-order valence-corrected chi connectivity index (χ0v) is 17.0. The molecule has 7 nitrogen and oxygen atoms in total. The van der Waals surface area contributed by atoms with Crippen molar-refractivity contribution in [3.8, 4) is 11.5 Å². The number of carbonyl (C=O) groups excluding carboxylic acids is 1. The highest BCUT2D eigenvalue weighted by molar-refractivity contribution is 7.12. The average Bonchev–Trinajstić information content (AvgIpc) is 3.48. The fourth-order valence-electron chi connectivity index (χ4n) is 4.47. The van der Waals surface area contributed by atoms with E-state index < -0.39 is 0 Å². The Hall–Kier alpha value is -2.58. The normalized spacial score (nSPS) is 21.0. The minimum atomic E-state index is -0.0822. The first kappa shape index (κ1) is 18.4. The van der Waals surface area contributed by atoms with E-state index in [0.717, 1.165) is 28.8 Å². The van der Waals surface area contributed by atoms with Crippen LogP contribution >= 0.6 is 11.3 Å². The van der Waals surface area contributed by atoms with Gasteiger partial charge in [0.05, 0.1) is 10.8 Å². The number of pyridine rings is 1. The van der Waals surface area contributed by atoms with E-state index in [4.69, 9.17) is 9.15 Å². The molecule has 1 unspecified atom stereocenters. The molecular formula is C21H22N4O3S. The van der Waals surface area contributed by atoms with Crippen molar-refractivity contribution in [3.05, 3.63) is 52.3 Å². The van der Waals surface area contributed by atoms with E-state index in [0.29, 0.717) is 38.1 Å². The Kier molecular flexibility index (Phi) is 4.67. The molecule has 2 saturated heterocycles. The van der Waals surface area contributed by atoms with Crippen LogP contribution < -0.4 is 0 Å². The number of ether oxygens (including phenoxy) is 1. The highest BCUT2D eigenvalue weighted by Crippen LogP contribution is 2.49. The lowest BCUT2D eigenvalue weighted by Crippen LogP contribution is -2.37.